The van der Waals surface area contributed by atoms with E-state index in [1.165, 1.54) is 119 Å². The second-order valence-electron chi connectivity index (χ2n) is 15.8. The summed E-state index contributed by atoms with van der Waals surface area (Å²) in [5.74, 6) is 0. The van der Waals surface area contributed by atoms with E-state index in [2.05, 4.69) is 21.0 Å². The molecular weight excluding hydrogens is 370 g/mol. The Kier molecular flexibility index (Phi) is 0.990. The summed E-state index contributed by atoms with van der Waals surface area (Å²) < 4.78 is 2.56. The molecule has 0 saturated carbocycles. The summed E-state index contributed by atoms with van der Waals surface area (Å²) in [7, 11) is 5.28. The number of quaternary nitrogens is 1. The average molecular weight is 412 g/mol. The van der Waals surface area contributed by atoms with Crippen molar-refractivity contribution in [3.8, 4) is 0 Å². The van der Waals surface area contributed by atoms with Crippen molar-refractivity contribution < 1.29 is 11.0 Å². The Labute approximate surface area is 156 Å². The van der Waals surface area contributed by atoms with E-state index in [0.29, 0.717) is 0 Å². The van der Waals surface area contributed by atoms with Crippen LogP contribution < -0.4 is 0 Å². The molecule has 2 heteroatoms. The summed E-state index contributed by atoms with van der Waals surface area (Å²) >= 11 is 0. The summed E-state index contributed by atoms with van der Waals surface area (Å²) in [6.45, 7) is 2.70. The molecule has 0 N–H and O–H groups in total. The van der Waals surface area contributed by atoms with Gasteiger partial charge in [0.05, 0.1) is 0 Å². The van der Waals surface area contributed by atoms with Crippen molar-refractivity contribution in [1.82, 2.24) is 0 Å². The monoisotopic (exact) mass is 412 g/mol. The minimum absolute atomic E-state index is 1.14. The van der Waals surface area contributed by atoms with E-state index in [1.807, 2.05) is 0 Å². The van der Waals surface area contributed by atoms with E-state index >= 15 is 0 Å². The molecule has 10 heterocycles. The average Bonchev–Trinajstić information content (AvgIpc) is 3.57. The van der Waals surface area contributed by atoms with E-state index < -0.39 is 6.51 Å². The minimum atomic E-state index is -2.80. The molecule has 1 spiro atoms. The van der Waals surface area contributed by atoms with E-state index in [4.69, 9.17) is 0 Å². The normalized spacial score (nSPS) is 80.2. The Hall–Kier alpha value is 0.479. The van der Waals surface area contributed by atoms with Gasteiger partial charge in [0.1, 0.15) is 0 Å². The number of fused-ring (bicyclic) bond motifs is 10. The molecule has 10 saturated heterocycles. The van der Waals surface area contributed by atoms with Gasteiger partial charge in [-0.1, -0.05) is 19.8 Å². The molecule has 0 amide bonds. The zero-order chi connectivity index (χ0) is 18.0. The topological polar surface area (TPSA) is 0 Å². The van der Waals surface area contributed by atoms with Crippen LogP contribution in [-0.4, -0.2) is 31.7 Å². The molecule has 10 aliphatic heterocycles. The Balaban J connectivity index is 0.777. The first-order valence-corrected chi connectivity index (χ1v) is 19.1. The maximum atomic E-state index is 2.64. The van der Waals surface area contributed by atoms with E-state index in [0.717, 1.165) is 4.31 Å². The summed E-state index contributed by atoms with van der Waals surface area (Å²) in [6.07, 6.45) is 14.8. The summed E-state index contributed by atoms with van der Waals surface area (Å²) in [4.78, 5) is 13.7. The van der Waals surface area contributed by atoms with E-state index in [1.54, 1.807) is 6.54 Å². The Morgan fingerprint density at radius 1 is 0.630 bits per heavy atom. The van der Waals surface area contributed by atoms with Crippen LogP contribution in [-0.2, 0) is 6.51 Å². The van der Waals surface area contributed by atoms with Gasteiger partial charge in [-0.15, -0.1) is 0 Å². The van der Waals surface area contributed by atoms with Gasteiger partial charge in [0.25, 0.3) is 0 Å². The molecule has 4 unspecified atom stereocenters. The molecule has 0 radical (unpaired) electrons. The van der Waals surface area contributed by atoms with Crippen LogP contribution in [0.5, 0.6) is 0 Å². The molecule has 10 rings (SSSR count). The molecule has 0 bridgehead atoms. The number of rotatable bonds is 13. The van der Waals surface area contributed by atoms with Crippen LogP contribution in [0.25, 0.3) is 0 Å². The second-order valence-corrected chi connectivity index (χ2v) is 39.5. The van der Waals surface area contributed by atoms with E-state index in [-0.39, 0.29) is 0 Å². The predicted molar refractivity (Wildman–Crippen MR) is 110 cm³/mol. The third-order valence-electron chi connectivity index (χ3n) is 18.8. The molecular formula is C25H42FeN+. The van der Waals surface area contributed by atoms with Crippen molar-refractivity contribution in [3.05, 3.63) is 0 Å². The van der Waals surface area contributed by atoms with Crippen LogP contribution >= 0.6 is 0 Å². The van der Waals surface area contributed by atoms with Crippen molar-refractivity contribution in [3.63, 3.8) is 0 Å². The Morgan fingerprint density at radius 2 is 1.07 bits per heavy atom. The Morgan fingerprint density at radius 3 is 1.44 bits per heavy atom. The first-order chi connectivity index (χ1) is 12.8. The maximum absolute atomic E-state index is 2.80. The SMILES string of the molecule is CCCCCCCCCCCC[N+](C)(C)C[C]12[CH]3[CH]4[CH]5[CH]1[Fe]45321678[CH]2[CH]1[CH]6[CH]7[CH]28. The number of nitrogens with zero attached hydrogens (tertiary/aromatic N) is 1. The molecule has 0 aromatic heterocycles. The van der Waals surface area contributed by atoms with Gasteiger partial charge in [0.2, 0.25) is 0 Å². The van der Waals surface area contributed by atoms with Crippen molar-refractivity contribution in [1.29, 1.82) is 0 Å². The van der Waals surface area contributed by atoms with Gasteiger partial charge in [0, 0.05) is 0 Å². The summed E-state index contributed by atoms with van der Waals surface area (Å²) in [5, 5.41) is 0. The summed E-state index contributed by atoms with van der Waals surface area (Å²) in [6, 6.07) is 0. The molecule has 1 nitrogen and oxygen atoms in total. The van der Waals surface area contributed by atoms with Crippen LogP contribution in [0.3, 0.4) is 0 Å². The van der Waals surface area contributed by atoms with Gasteiger partial charge >= 0.3 is 137 Å². The van der Waals surface area contributed by atoms with Crippen molar-refractivity contribution >= 4 is 0 Å². The molecule has 10 aliphatic rings. The van der Waals surface area contributed by atoms with Crippen LogP contribution in [0.2, 0.25) is 47.7 Å². The third kappa shape index (κ3) is 0.294. The van der Waals surface area contributed by atoms with Gasteiger partial charge < -0.3 is 0 Å². The van der Waals surface area contributed by atoms with Gasteiger partial charge in [-0.05, 0) is 0 Å². The standard InChI is InChI=1S/C20H37N.C5H5.Fe/c1-4-5-6-7-8-9-10-11-12-15-18-21(2,3)19-20-16-13-14-17-20;1-2-4-5-3-1;/h13-14,16-17H,4-12,15,18-19H2,1-3H3;1-5H;/q+1;;. The quantitative estimate of drug-likeness (QED) is 0.165. The van der Waals surface area contributed by atoms with Crippen molar-refractivity contribution in [2.75, 3.05) is 27.2 Å². The van der Waals surface area contributed by atoms with Gasteiger partial charge in [-0.3, -0.25) is 0 Å². The number of hydrogen-bond acceptors (Lipinski definition) is 0. The molecule has 154 valence electrons. The van der Waals surface area contributed by atoms with Crippen molar-refractivity contribution in [2.24, 2.45) is 0 Å². The predicted octanol–water partition coefficient (Wildman–Crippen LogP) is 7.74. The molecule has 27 heavy (non-hydrogen) atoms. The molecule has 0 aromatic rings. The fourth-order valence-electron chi connectivity index (χ4n) is 19.8. The molecule has 0 aromatic carbocycles. The zero-order valence-electron chi connectivity index (χ0n) is 18.0. The van der Waals surface area contributed by atoms with Crippen LogP contribution in [0.15, 0.2) is 0 Å². The van der Waals surface area contributed by atoms with Crippen LogP contribution in [0.4, 0.5) is 0 Å². The third-order valence-corrected chi connectivity index (χ3v) is 61.7. The van der Waals surface area contributed by atoms with Crippen LogP contribution in [0.1, 0.15) is 71.1 Å². The van der Waals surface area contributed by atoms with E-state index in [9.17, 15) is 0 Å². The fourth-order valence-corrected chi connectivity index (χ4v) is 94.8. The molecule has 4 atom stereocenters. The van der Waals surface area contributed by atoms with Gasteiger partial charge in [-0.2, -0.15) is 0 Å². The summed E-state index contributed by atoms with van der Waals surface area (Å²) in [5.41, 5.74) is 0. The molecule has 0 aliphatic carbocycles. The van der Waals surface area contributed by atoms with Crippen molar-refractivity contribution in [2.45, 2.75) is 119 Å². The number of hydrogen-bond donors (Lipinski definition) is 0. The fraction of sp³-hybridized carbons (Fsp3) is 1.00. The molecule has 10 fully saturated rings. The number of unbranched alkanes of at least 4 members (excludes halogenated alkanes) is 9. The van der Waals surface area contributed by atoms with Crippen LogP contribution in [0, 0.1) is 0 Å². The first kappa shape index (κ1) is 14.5. The van der Waals surface area contributed by atoms with Gasteiger partial charge in [0.15, 0.2) is 0 Å². The van der Waals surface area contributed by atoms with Gasteiger partial charge in [-0.25, -0.2) is 0 Å². The zero-order valence-corrected chi connectivity index (χ0v) is 19.1. The second kappa shape index (κ2) is 1.85. The Bertz CT molecular complexity index is 1040. The first-order valence-electron chi connectivity index (χ1n) is 12.8.